The molecular weight excluding hydrogens is 280 g/mol. The smallest absolute Gasteiger partial charge is 0.323 e. The van der Waals surface area contributed by atoms with Gasteiger partial charge in [-0.3, -0.25) is 10.1 Å². The quantitative estimate of drug-likeness (QED) is 0.765. The van der Waals surface area contributed by atoms with Crippen LogP contribution in [-0.2, 0) is 4.79 Å². The van der Waals surface area contributed by atoms with Crippen LogP contribution in [0.5, 0.6) is 0 Å². The van der Waals surface area contributed by atoms with Crippen LogP contribution in [0.3, 0.4) is 0 Å². The van der Waals surface area contributed by atoms with Gasteiger partial charge in [0.25, 0.3) is 0 Å². The minimum absolute atomic E-state index is 0.113. The van der Waals surface area contributed by atoms with Crippen molar-refractivity contribution in [3.8, 4) is 0 Å². The van der Waals surface area contributed by atoms with E-state index >= 15 is 0 Å². The summed E-state index contributed by atoms with van der Waals surface area (Å²) in [4.78, 5) is 13.1. The van der Waals surface area contributed by atoms with Gasteiger partial charge in [-0.1, -0.05) is 23.7 Å². The first-order valence-corrected chi connectivity index (χ1v) is 7.09. The number of aliphatic hydroxyl groups is 1. The molecule has 1 aromatic rings. The number of carboxylic acids is 1. The average molecular weight is 299 g/mol. The van der Waals surface area contributed by atoms with Crippen LogP contribution < -0.4 is 10.2 Å². The molecule has 1 aliphatic heterocycles. The molecule has 20 heavy (non-hydrogen) atoms. The number of benzene rings is 1. The van der Waals surface area contributed by atoms with Crippen molar-refractivity contribution in [2.24, 2.45) is 0 Å². The first kappa shape index (κ1) is 15.1. The van der Waals surface area contributed by atoms with Gasteiger partial charge in [0.05, 0.1) is 17.3 Å². The number of anilines is 1. The second-order valence-corrected chi connectivity index (χ2v) is 5.36. The highest BCUT2D eigenvalue weighted by Crippen LogP contribution is 2.27. The molecule has 110 valence electrons. The van der Waals surface area contributed by atoms with E-state index < -0.39 is 12.0 Å². The summed E-state index contributed by atoms with van der Waals surface area (Å²) in [5, 5.41) is 21.7. The number of carboxylic acid groups (broad SMARTS) is 1. The molecule has 1 heterocycles. The summed E-state index contributed by atoms with van der Waals surface area (Å²) < 4.78 is 0. The number of para-hydroxylation sites is 1. The van der Waals surface area contributed by atoms with Crippen LogP contribution in [0.1, 0.15) is 12.8 Å². The fourth-order valence-electron chi connectivity index (χ4n) is 2.48. The van der Waals surface area contributed by atoms with Crippen LogP contribution in [0.15, 0.2) is 24.3 Å². The zero-order valence-corrected chi connectivity index (χ0v) is 11.9. The second-order valence-electron chi connectivity index (χ2n) is 4.95. The Morgan fingerprint density at radius 1 is 1.40 bits per heavy atom. The van der Waals surface area contributed by atoms with E-state index in [1.165, 1.54) is 0 Å². The molecule has 1 atom stereocenters. The van der Waals surface area contributed by atoms with E-state index in [4.69, 9.17) is 21.8 Å². The predicted molar refractivity (Wildman–Crippen MR) is 78.3 cm³/mol. The lowest BCUT2D eigenvalue weighted by molar-refractivity contribution is -0.140. The molecule has 0 unspecified atom stereocenters. The van der Waals surface area contributed by atoms with Crippen molar-refractivity contribution in [2.45, 2.75) is 24.9 Å². The Bertz CT molecular complexity index is 461. The largest absolute Gasteiger partial charge is 0.480 e. The molecule has 2 rings (SSSR count). The van der Waals surface area contributed by atoms with E-state index in [0.29, 0.717) is 0 Å². The maximum absolute atomic E-state index is 10.9. The highest BCUT2D eigenvalue weighted by molar-refractivity contribution is 6.33. The Morgan fingerprint density at radius 2 is 2.05 bits per heavy atom. The molecule has 3 N–H and O–H groups in total. The highest BCUT2D eigenvalue weighted by Gasteiger charge is 2.25. The maximum atomic E-state index is 10.9. The number of rotatable bonds is 5. The van der Waals surface area contributed by atoms with Crippen molar-refractivity contribution >= 4 is 23.3 Å². The average Bonchev–Trinajstić information content (AvgIpc) is 2.46. The van der Waals surface area contributed by atoms with Crippen molar-refractivity contribution in [3.05, 3.63) is 29.3 Å². The van der Waals surface area contributed by atoms with Gasteiger partial charge in [-0.2, -0.15) is 0 Å². The number of hydrogen-bond acceptors (Lipinski definition) is 4. The Kier molecular flexibility index (Phi) is 5.23. The third-order valence-electron chi connectivity index (χ3n) is 3.61. The summed E-state index contributed by atoms with van der Waals surface area (Å²) in [5.74, 6) is -1.01. The molecule has 1 saturated heterocycles. The van der Waals surface area contributed by atoms with Crippen LogP contribution in [0.25, 0.3) is 0 Å². The molecule has 0 amide bonds. The van der Waals surface area contributed by atoms with E-state index in [2.05, 4.69) is 10.2 Å². The number of aliphatic hydroxyl groups excluding tert-OH is 1. The zero-order chi connectivity index (χ0) is 14.5. The number of halogens is 1. The first-order chi connectivity index (χ1) is 9.61. The number of hydrogen-bond donors (Lipinski definition) is 3. The molecular formula is C14H19ClN2O3. The molecule has 0 aromatic heterocycles. The SMILES string of the molecule is O=C(O)[C@H](CO)NC1CCN(c2ccccc2Cl)CC1. The molecule has 0 radical (unpaired) electrons. The van der Waals surface area contributed by atoms with Crippen LogP contribution in [0.4, 0.5) is 5.69 Å². The lowest BCUT2D eigenvalue weighted by atomic mass is 10.0. The minimum atomic E-state index is -1.01. The molecule has 0 saturated carbocycles. The number of aliphatic carboxylic acids is 1. The molecule has 0 spiro atoms. The fourth-order valence-corrected chi connectivity index (χ4v) is 2.74. The van der Waals surface area contributed by atoms with Gasteiger partial charge in [0.1, 0.15) is 6.04 Å². The summed E-state index contributed by atoms with van der Waals surface area (Å²) in [5.41, 5.74) is 1.02. The fraction of sp³-hybridized carbons (Fsp3) is 0.500. The Hall–Kier alpha value is -1.30. The van der Waals surface area contributed by atoms with Gasteiger partial charge in [0, 0.05) is 19.1 Å². The van der Waals surface area contributed by atoms with Crippen LogP contribution in [-0.4, -0.2) is 48.0 Å². The zero-order valence-electron chi connectivity index (χ0n) is 11.1. The van der Waals surface area contributed by atoms with Crippen LogP contribution in [0, 0.1) is 0 Å². The number of carbonyl (C=O) groups is 1. The Morgan fingerprint density at radius 3 is 2.60 bits per heavy atom. The highest BCUT2D eigenvalue weighted by atomic mass is 35.5. The van der Waals surface area contributed by atoms with Crippen molar-refractivity contribution < 1.29 is 15.0 Å². The monoisotopic (exact) mass is 298 g/mol. The molecule has 5 nitrogen and oxygen atoms in total. The Labute approximate surface area is 123 Å². The first-order valence-electron chi connectivity index (χ1n) is 6.71. The lowest BCUT2D eigenvalue weighted by Crippen LogP contribution is -2.50. The summed E-state index contributed by atoms with van der Waals surface area (Å²) in [7, 11) is 0. The van der Waals surface area contributed by atoms with Crippen molar-refractivity contribution in [3.63, 3.8) is 0 Å². The Balaban J connectivity index is 1.89. The van der Waals surface area contributed by atoms with E-state index in [9.17, 15) is 4.79 Å². The van der Waals surface area contributed by atoms with E-state index in [0.717, 1.165) is 36.6 Å². The van der Waals surface area contributed by atoms with Crippen LogP contribution >= 0.6 is 11.6 Å². The molecule has 1 fully saturated rings. The summed E-state index contributed by atoms with van der Waals surface area (Å²) in [6, 6.07) is 6.95. The predicted octanol–water partition coefficient (Wildman–Crippen LogP) is 1.34. The third kappa shape index (κ3) is 3.62. The van der Waals surface area contributed by atoms with Gasteiger partial charge in [-0.05, 0) is 25.0 Å². The number of piperidine rings is 1. The van der Waals surface area contributed by atoms with Gasteiger partial charge in [-0.15, -0.1) is 0 Å². The van der Waals surface area contributed by atoms with E-state index in [1.807, 2.05) is 24.3 Å². The summed E-state index contributed by atoms with van der Waals surface area (Å²) >= 11 is 6.17. The minimum Gasteiger partial charge on any atom is -0.480 e. The standard InChI is InChI=1S/C14H19ClN2O3/c15-11-3-1-2-4-13(11)17-7-5-10(6-8-17)16-12(9-18)14(19)20/h1-4,10,12,16,18H,5-9H2,(H,19,20)/t12-/m0/s1. The summed E-state index contributed by atoms with van der Waals surface area (Å²) in [6.45, 7) is 1.25. The molecule has 1 aliphatic rings. The lowest BCUT2D eigenvalue weighted by Gasteiger charge is -2.35. The summed E-state index contributed by atoms with van der Waals surface area (Å²) in [6.07, 6.45) is 1.66. The number of nitrogens with one attached hydrogen (secondary N) is 1. The van der Waals surface area contributed by atoms with E-state index in [-0.39, 0.29) is 12.6 Å². The van der Waals surface area contributed by atoms with Gasteiger partial charge < -0.3 is 15.1 Å². The van der Waals surface area contributed by atoms with Gasteiger partial charge in [0.2, 0.25) is 0 Å². The molecule has 0 aliphatic carbocycles. The third-order valence-corrected chi connectivity index (χ3v) is 3.93. The molecule has 1 aromatic carbocycles. The molecule has 0 bridgehead atoms. The topological polar surface area (TPSA) is 72.8 Å². The molecule has 6 heteroatoms. The second kappa shape index (κ2) is 6.92. The van der Waals surface area contributed by atoms with Crippen molar-refractivity contribution in [1.82, 2.24) is 5.32 Å². The van der Waals surface area contributed by atoms with Crippen molar-refractivity contribution in [2.75, 3.05) is 24.6 Å². The number of nitrogens with zero attached hydrogens (tertiary/aromatic N) is 1. The maximum Gasteiger partial charge on any atom is 0.323 e. The van der Waals surface area contributed by atoms with Gasteiger partial charge in [0.15, 0.2) is 0 Å². The van der Waals surface area contributed by atoms with Gasteiger partial charge >= 0.3 is 5.97 Å². The van der Waals surface area contributed by atoms with Crippen molar-refractivity contribution in [1.29, 1.82) is 0 Å². The van der Waals surface area contributed by atoms with Crippen LogP contribution in [0.2, 0.25) is 5.02 Å². The van der Waals surface area contributed by atoms with E-state index in [1.54, 1.807) is 0 Å². The normalized spacial score (nSPS) is 18.0. The van der Waals surface area contributed by atoms with Gasteiger partial charge in [-0.25, -0.2) is 0 Å².